The molecule has 1 aromatic carbocycles. The van der Waals surface area contributed by atoms with Crippen LogP contribution in [0.15, 0.2) is 24.3 Å². The van der Waals surface area contributed by atoms with Gasteiger partial charge in [0.1, 0.15) is 4.99 Å². The number of rotatable bonds is 6. The van der Waals surface area contributed by atoms with Crippen LogP contribution in [-0.2, 0) is 6.54 Å². The van der Waals surface area contributed by atoms with Crippen molar-refractivity contribution in [2.24, 2.45) is 11.7 Å². The minimum absolute atomic E-state index is 0.472. The minimum Gasteiger partial charge on any atom is -0.389 e. The lowest BCUT2D eigenvalue weighted by Gasteiger charge is -2.26. The number of nitrogens with two attached hydrogens (primary N) is 1. The van der Waals surface area contributed by atoms with Gasteiger partial charge in [0.25, 0.3) is 0 Å². The lowest BCUT2D eigenvalue weighted by Crippen LogP contribution is -2.32. The van der Waals surface area contributed by atoms with E-state index >= 15 is 0 Å². The molecule has 0 spiro atoms. The molecule has 1 aliphatic rings. The van der Waals surface area contributed by atoms with E-state index in [-0.39, 0.29) is 0 Å². The summed E-state index contributed by atoms with van der Waals surface area (Å²) in [7, 11) is 0. The van der Waals surface area contributed by atoms with E-state index in [0.29, 0.717) is 11.0 Å². The Morgan fingerprint density at radius 2 is 1.94 bits per heavy atom. The van der Waals surface area contributed by atoms with E-state index in [4.69, 9.17) is 18.0 Å². The van der Waals surface area contributed by atoms with Crippen molar-refractivity contribution >= 4 is 17.2 Å². The van der Waals surface area contributed by atoms with Crippen LogP contribution in [0.1, 0.15) is 37.8 Å². The van der Waals surface area contributed by atoms with Gasteiger partial charge in [-0.15, -0.1) is 0 Å². The van der Waals surface area contributed by atoms with Crippen molar-refractivity contribution in [1.29, 1.82) is 0 Å². The first-order valence-corrected chi connectivity index (χ1v) is 7.10. The Labute approximate surface area is 115 Å². The van der Waals surface area contributed by atoms with Crippen molar-refractivity contribution < 1.29 is 0 Å². The maximum atomic E-state index is 5.61. The van der Waals surface area contributed by atoms with Crippen molar-refractivity contribution in [3.63, 3.8) is 0 Å². The number of hydrogen-bond acceptors (Lipinski definition) is 2. The molecule has 1 fully saturated rings. The summed E-state index contributed by atoms with van der Waals surface area (Å²) in [5, 5.41) is 0. The zero-order valence-corrected chi connectivity index (χ0v) is 12.0. The average molecular weight is 262 g/mol. The van der Waals surface area contributed by atoms with Gasteiger partial charge in [0.15, 0.2) is 0 Å². The summed E-state index contributed by atoms with van der Waals surface area (Å²) >= 11 is 4.97. The van der Waals surface area contributed by atoms with Gasteiger partial charge in [-0.05, 0) is 38.2 Å². The summed E-state index contributed by atoms with van der Waals surface area (Å²) in [5.74, 6) is 0.934. The van der Waals surface area contributed by atoms with Crippen LogP contribution in [0, 0.1) is 5.92 Å². The van der Waals surface area contributed by atoms with Crippen molar-refractivity contribution in [2.45, 2.75) is 39.3 Å². The second-order valence-corrected chi connectivity index (χ2v) is 5.97. The highest BCUT2D eigenvalue weighted by atomic mass is 32.1. The SMILES string of the molecule is CC(C)N(Cc1ccc(C(N)=S)cc1)CC1CC1. The van der Waals surface area contributed by atoms with Gasteiger partial charge in [-0.25, -0.2) is 0 Å². The average Bonchev–Trinajstić information content (AvgIpc) is 3.12. The van der Waals surface area contributed by atoms with E-state index in [1.54, 1.807) is 0 Å². The number of benzene rings is 1. The third-order valence-electron chi connectivity index (χ3n) is 3.54. The molecule has 0 heterocycles. The normalized spacial score (nSPS) is 15.3. The molecule has 2 N–H and O–H groups in total. The molecule has 1 saturated carbocycles. The molecular weight excluding hydrogens is 240 g/mol. The van der Waals surface area contributed by atoms with E-state index in [0.717, 1.165) is 18.0 Å². The van der Waals surface area contributed by atoms with E-state index in [2.05, 4.69) is 30.9 Å². The van der Waals surface area contributed by atoms with Crippen LogP contribution in [0.5, 0.6) is 0 Å². The zero-order chi connectivity index (χ0) is 13.1. The monoisotopic (exact) mass is 262 g/mol. The molecule has 0 radical (unpaired) electrons. The Kier molecular flexibility index (Phi) is 4.36. The summed E-state index contributed by atoms with van der Waals surface area (Å²) in [6.45, 7) is 6.79. The molecular formula is C15H22N2S. The van der Waals surface area contributed by atoms with Gasteiger partial charge in [-0.2, -0.15) is 0 Å². The zero-order valence-electron chi connectivity index (χ0n) is 11.2. The number of hydrogen-bond donors (Lipinski definition) is 1. The van der Waals surface area contributed by atoms with Crippen molar-refractivity contribution in [3.8, 4) is 0 Å². The molecule has 0 amide bonds. The fraction of sp³-hybridized carbons (Fsp3) is 0.533. The van der Waals surface area contributed by atoms with Gasteiger partial charge in [-0.1, -0.05) is 36.5 Å². The molecule has 2 nitrogen and oxygen atoms in total. The van der Waals surface area contributed by atoms with Crippen LogP contribution in [-0.4, -0.2) is 22.5 Å². The third kappa shape index (κ3) is 3.79. The second-order valence-electron chi connectivity index (χ2n) is 5.53. The lowest BCUT2D eigenvalue weighted by molar-refractivity contribution is 0.204. The Bertz CT molecular complexity index is 407. The molecule has 0 unspecified atom stereocenters. The van der Waals surface area contributed by atoms with Crippen LogP contribution in [0.25, 0.3) is 0 Å². The molecule has 0 saturated heterocycles. The van der Waals surface area contributed by atoms with E-state index < -0.39 is 0 Å². The van der Waals surface area contributed by atoms with Crippen molar-refractivity contribution in [1.82, 2.24) is 4.90 Å². The van der Waals surface area contributed by atoms with Crippen molar-refractivity contribution in [3.05, 3.63) is 35.4 Å². The molecule has 1 aliphatic carbocycles. The molecule has 0 atom stereocenters. The third-order valence-corrected chi connectivity index (χ3v) is 3.78. The molecule has 0 aliphatic heterocycles. The van der Waals surface area contributed by atoms with Crippen LogP contribution in [0.2, 0.25) is 0 Å². The quantitative estimate of drug-likeness (QED) is 0.799. The summed E-state index contributed by atoms with van der Waals surface area (Å²) in [6, 6.07) is 8.91. The second kappa shape index (κ2) is 5.81. The van der Waals surface area contributed by atoms with E-state index in [1.807, 2.05) is 12.1 Å². The Balaban J connectivity index is 1.98. The highest BCUT2D eigenvalue weighted by molar-refractivity contribution is 7.80. The Morgan fingerprint density at radius 1 is 1.33 bits per heavy atom. The summed E-state index contributed by atoms with van der Waals surface area (Å²) in [6.07, 6.45) is 2.81. The molecule has 1 aromatic rings. The molecule has 3 heteroatoms. The minimum atomic E-state index is 0.472. The molecule has 18 heavy (non-hydrogen) atoms. The van der Waals surface area contributed by atoms with Gasteiger partial charge in [0.05, 0.1) is 0 Å². The summed E-state index contributed by atoms with van der Waals surface area (Å²) in [4.78, 5) is 3.02. The van der Waals surface area contributed by atoms with E-state index in [9.17, 15) is 0 Å². The van der Waals surface area contributed by atoms with Gasteiger partial charge in [0, 0.05) is 24.7 Å². The van der Waals surface area contributed by atoms with Crippen LogP contribution < -0.4 is 5.73 Å². The molecule has 2 rings (SSSR count). The standard InChI is InChI=1S/C15H22N2S/c1-11(2)17(9-12-3-4-12)10-13-5-7-14(8-6-13)15(16)18/h5-8,11-12H,3-4,9-10H2,1-2H3,(H2,16,18). The fourth-order valence-corrected chi connectivity index (χ4v) is 2.24. The highest BCUT2D eigenvalue weighted by Gasteiger charge is 2.25. The highest BCUT2D eigenvalue weighted by Crippen LogP contribution is 2.30. The van der Waals surface area contributed by atoms with Crippen LogP contribution >= 0.6 is 12.2 Å². The van der Waals surface area contributed by atoms with Gasteiger partial charge >= 0.3 is 0 Å². The Morgan fingerprint density at radius 3 is 2.39 bits per heavy atom. The summed E-state index contributed by atoms with van der Waals surface area (Å²) in [5.41, 5.74) is 7.90. The van der Waals surface area contributed by atoms with Gasteiger partial charge in [-0.3, -0.25) is 4.90 Å². The van der Waals surface area contributed by atoms with E-state index in [1.165, 1.54) is 24.9 Å². The molecule has 98 valence electrons. The maximum absolute atomic E-state index is 5.61. The Hall–Kier alpha value is -0.930. The summed E-state index contributed by atoms with van der Waals surface area (Å²) < 4.78 is 0. The molecule has 0 aromatic heterocycles. The first-order chi connectivity index (χ1) is 8.56. The number of thiocarbonyl (C=S) groups is 1. The molecule has 0 bridgehead atoms. The van der Waals surface area contributed by atoms with Gasteiger partial charge in [0.2, 0.25) is 0 Å². The maximum Gasteiger partial charge on any atom is 0.103 e. The lowest BCUT2D eigenvalue weighted by atomic mass is 10.1. The predicted molar refractivity (Wildman–Crippen MR) is 80.6 cm³/mol. The van der Waals surface area contributed by atoms with Crippen LogP contribution in [0.4, 0.5) is 0 Å². The predicted octanol–water partition coefficient (Wildman–Crippen LogP) is 2.94. The fourth-order valence-electron chi connectivity index (χ4n) is 2.10. The van der Waals surface area contributed by atoms with Gasteiger partial charge < -0.3 is 5.73 Å². The van der Waals surface area contributed by atoms with Crippen LogP contribution in [0.3, 0.4) is 0 Å². The van der Waals surface area contributed by atoms with Crippen molar-refractivity contribution in [2.75, 3.05) is 6.54 Å². The first kappa shape index (κ1) is 13.5. The topological polar surface area (TPSA) is 29.3 Å². The smallest absolute Gasteiger partial charge is 0.103 e. The number of nitrogens with zero attached hydrogens (tertiary/aromatic N) is 1. The largest absolute Gasteiger partial charge is 0.389 e. The first-order valence-electron chi connectivity index (χ1n) is 6.69.